The van der Waals surface area contributed by atoms with Crippen LogP contribution >= 0.6 is 0 Å². The van der Waals surface area contributed by atoms with Crippen LogP contribution in [0.1, 0.15) is 31.4 Å². The Morgan fingerprint density at radius 1 is 1.28 bits per heavy atom. The molecule has 0 radical (unpaired) electrons. The molecule has 7 heteroatoms. The van der Waals surface area contributed by atoms with E-state index in [-0.39, 0.29) is 18.1 Å². The molecule has 1 aromatic carbocycles. The lowest BCUT2D eigenvalue weighted by Crippen LogP contribution is -2.42. The topological polar surface area (TPSA) is 92.4 Å². The molecule has 2 aromatic rings. The summed E-state index contributed by atoms with van der Waals surface area (Å²) < 4.78 is 18.3. The molecule has 0 atom stereocenters. The fraction of sp³-hybridized carbons (Fsp3) is 0.389. The van der Waals surface area contributed by atoms with Gasteiger partial charge in [0.15, 0.2) is 0 Å². The lowest BCUT2D eigenvalue weighted by atomic mass is 9.66. The first-order valence-corrected chi connectivity index (χ1v) is 8.19. The van der Waals surface area contributed by atoms with Gasteiger partial charge in [-0.3, -0.25) is 9.59 Å². The molecule has 1 amide bonds. The summed E-state index contributed by atoms with van der Waals surface area (Å²) in [5.41, 5.74) is 0.453. The molecular weight excluding hydrogens is 327 g/mol. The van der Waals surface area contributed by atoms with Gasteiger partial charge < -0.3 is 14.8 Å². The van der Waals surface area contributed by atoms with Crippen molar-refractivity contribution in [3.8, 4) is 11.5 Å². The highest BCUT2D eigenvalue weighted by Crippen LogP contribution is 2.44. The Balaban J connectivity index is 1.48. The average Bonchev–Trinajstić information content (AvgIpc) is 3.00. The van der Waals surface area contributed by atoms with Crippen molar-refractivity contribution in [3.63, 3.8) is 0 Å². The number of carboxylic acid groups (broad SMARTS) is 1. The first-order chi connectivity index (χ1) is 12.0. The number of aliphatic carboxylic acids is 1. The minimum absolute atomic E-state index is 0.0159. The number of benzene rings is 1. The molecule has 25 heavy (non-hydrogen) atoms. The number of carbonyl (C=O) groups excluding carboxylic acids is 1. The highest BCUT2D eigenvalue weighted by atomic mass is 19.1. The third-order valence-corrected chi connectivity index (χ3v) is 4.61. The zero-order valence-electron chi connectivity index (χ0n) is 13.6. The van der Waals surface area contributed by atoms with Crippen LogP contribution in [0.15, 0.2) is 34.9 Å². The lowest BCUT2D eigenvalue weighted by molar-refractivity contribution is -0.157. The van der Waals surface area contributed by atoms with Crippen LogP contribution < -0.4 is 5.32 Å². The number of carbonyl (C=O) groups is 2. The van der Waals surface area contributed by atoms with E-state index in [1.54, 1.807) is 12.1 Å². The zero-order chi connectivity index (χ0) is 17.9. The van der Waals surface area contributed by atoms with Gasteiger partial charge in [-0.25, -0.2) is 9.37 Å². The minimum Gasteiger partial charge on any atom is -0.481 e. The number of halogens is 1. The van der Waals surface area contributed by atoms with Crippen molar-refractivity contribution in [2.75, 3.05) is 6.54 Å². The van der Waals surface area contributed by atoms with E-state index in [0.29, 0.717) is 43.0 Å². The molecule has 1 aliphatic carbocycles. The van der Waals surface area contributed by atoms with Gasteiger partial charge in [0, 0.05) is 24.9 Å². The van der Waals surface area contributed by atoms with Crippen LogP contribution in [0.2, 0.25) is 0 Å². The van der Waals surface area contributed by atoms with Crippen molar-refractivity contribution in [1.82, 2.24) is 10.3 Å². The lowest BCUT2D eigenvalue weighted by Gasteiger charge is -2.36. The van der Waals surface area contributed by atoms with E-state index < -0.39 is 11.4 Å². The van der Waals surface area contributed by atoms with E-state index in [1.165, 1.54) is 18.4 Å². The standard InChI is InChI=1S/C18H19FN2O4/c19-13-4-2-12(3-5-13)16-21-14(11-25-16)6-9-20-15(22)10-18(17(23)24)7-1-8-18/h2-5,11H,1,6-10H2,(H,20,22)(H,23,24). The molecule has 0 unspecified atom stereocenters. The van der Waals surface area contributed by atoms with Crippen molar-refractivity contribution in [1.29, 1.82) is 0 Å². The van der Waals surface area contributed by atoms with Crippen LogP contribution in [0.25, 0.3) is 11.5 Å². The van der Waals surface area contributed by atoms with Gasteiger partial charge >= 0.3 is 5.97 Å². The largest absolute Gasteiger partial charge is 0.481 e. The molecule has 0 bridgehead atoms. The zero-order valence-corrected chi connectivity index (χ0v) is 13.6. The average molecular weight is 346 g/mol. The number of rotatable bonds is 7. The first-order valence-electron chi connectivity index (χ1n) is 8.19. The Labute approximate surface area is 144 Å². The molecule has 0 saturated heterocycles. The molecule has 132 valence electrons. The number of carboxylic acids is 1. The molecule has 1 aromatic heterocycles. The maximum absolute atomic E-state index is 12.9. The summed E-state index contributed by atoms with van der Waals surface area (Å²) in [5.74, 6) is -1.09. The summed E-state index contributed by atoms with van der Waals surface area (Å²) in [5, 5.41) is 12.0. The van der Waals surface area contributed by atoms with Crippen LogP contribution in [-0.4, -0.2) is 28.5 Å². The monoisotopic (exact) mass is 346 g/mol. The van der Waals surface area contributed by atoms with Crippen molar-refractivity contribution < 1.29 is 23.5 Å². The summed E-state index contributed by atoms with van der Waals surface area (Å²) in [6.45, 7) is 0.351. The highest BCUT2D eigenvalue weighted by Gasteiger charge is 2.45. The Bertz CT molecular complexity index is 766. The Morgan fingerprint density at radius 3 is 2.60 bits per heavy atom. The van der Waals surface area contributed by atoms with Crippen LogP contribution in [0.5, 0.6) is 0 Å². The molecule has 3 rings (SSSR count). The third kappa shape index (κ3) is 3.87. The second-order valence-electron chi connectivity index (χ2n) is 6.37. The van der Waals surface area contributed by atoms with Gasteiger partial charge in [0.25, 0.3) is 0 Å². The third-order valence-electron chi connectivity index (χ3n) is 4.61. The summed E-state index contributed by atoms with van der Waals surface area (Å²) in [6.07, 6.45) is 3.94. The fourth-order valence-electron chi connectivity index (χ4n) is 2.92. The number of oxazole rings is 1. The SMILES string of the molecule is O=C(CC1(C(=O)O)CCC1)NCCc1coc(-c2ccc(F)cc2)n1. The number of hydrogen-bond donors (Lipinski definition) is 2. The molecule has 6 nitrogen and oxygen atoms in total. The Hall–Kier alpha value is -2.70. The van der Waals surface area contributed by atoms with Gasteiger partial charge in [-0.05, 0) is 37.1 Å². The molecule has 1 aliphatic rings. The van der Waals surface area contributed by atoms with Gasteiger partial charge in [-0.2, -0.15) is 0 Å². The summed E-state index contributed by atoms with van der Waals surface area (Å²) >= 11 is 0. The second-order valence-corrected chi connectivity index (χ2v) is 6.37. The molecular formula is C18H19FN2O4. The number of hydrogen-bond acceptors (Lipinski definition) is 4. The number of nitrogens with zero attached hydrogens (tertiary/aromatic N) is 1. The van der Waals surface area contributed by atoms with E-state index in [0.717, 1.165) is 6.42 Å². The number of nitrogens with one attached hydrogen (secondary N) is 1. The van der Waals surface area contributed by atoms with Gasteiger partial charge in [0.2, 0.25) is 11.8 Å². The minimum atomic E-state index is -0.894. The molecule has 1 fully saturated rings. The number of amides is 1. The van der Waals surface area contributed by atoms with Crippen LogP contribution in [0.4, 0.5) is 4.39 Å². The maximum Gasteiger partial charge on any atom is 0.310 e. The maximum atomic E-state index is 12.9. The van der Waals surface area contributed by atoms with Crippen LogP contribution in [-0.2, 0) is 16.0 Å². The van der Waals surface area contributed by atoms with Gasteiger partial charge in [-0.15, -0.1) is 0 Å². The predicted octanol–water partition coefficient (Wildman–Crippen LogP) is 2.78. The van der Waals surface area contributed by atoms with Crippen molar-refractivity contribution in [2.45, 2.75) is 32.1 Å². The quantitative estimate of drug-likeness (QED) is 0.804. The summed E-state index contributed by atoms with van der Waals surface area (Å²) in [6, 6.07) is 5.82. The van der Waals surface area contributed by atoms with E-state index in [4.69, 9.17) is 4.42 Å². The molecule has 0 spiro atoms. The first kappa shape index (κ1) is 17.1. The smallest absolute Gasteiger partial charge is 0.310 e. The summed E-state index contributed by atoms with van der Waals surface area (Å²) in [7, 11) is 0. The highest BCUT2D eigenvalue weighted by molar-refractivity contribution is 5.85. The van der Waals surface area contributed by atoms with Crippen molar-refractivity contribution >= 4 is 11.9 Å². The van der Waals surface area contributed by atoms with Gasteiger partial charge in [-0.1, -0.05) is 6.42 Å². The fourth-order valence-corrected chi connectivity index (χ4v) is 2.92. The van der Waals surface area contributed by atoms with Crippen molar-refractivity contribution in [2.24, 2.45) is 5.41 Å². The summed E-state index contributed by atoms with van der Waals surface area (Å²) in [4.78, 5) is 27.5. The van der Waals surface area contributed by atoms with E-state index in [9.17, 15) is 19.1 Å². The molecule has 1 heterocycles. The predicted molar refractivity (Wildman–Crippen MR) is 87.1 cm³/mol. The van der Waals surface area contributed by atoms with Crippen molar-refractivity contribution in [3.05, 3.63) is 42.0 Å². The van der Waals surface area contributed by atoms with E-state index >= 15 is 0 Å². The second kappa shape index (κ2) is 7.04. The van der Waals surface area contributed by atoms with E-state index in [2.05, 4.69) is 10.3 Å². The van der Waals surface area contributed by atoms with E-state index in [1.807, 2.05) is 0 Å². The van der Waals surface area contributed by atoms with Crippen LogP contribution in [0, 0.1) is 11.2 Å². The molecule has 1 saturated carbocycles. The molecule has 0 aliphatic heterocycles. The Kier molecular flexibility index (Phi) is 4.83. The van der Waals surface area contributed by atoms with Gasteiger partial charge in [0.05, 0.1) is 11.1 Å². The molecule has 2 N–H and O–H groups in total. The van der Waals surface area contributed by atoms with Crippen LogP contribution in [0.3, 0.4) is 0 Å². The van der Waals surface area contributed by atoms with Gasteiger partial charge in [0.1, 0.15) is 12.1 Å². The Morgan fingerprint density at radius 2 is 2.00 bits per heavy atom. The normalized spacial score (nSPS) is 15.4. The number of aromatic nitrogens is 1.